The number of hydrogen-bond donors (Lipinski definition) is 1. The van der Waals surface area contributed by atoms with Crippen LogP contribution in [0.2, 0.25) is 0 Å². The number of nitrogens with one attached hydrogen (secondary N) is 1. The highest BCUT2D eigenvalue weighted by Gasteiger charge is 2.18. The number of aromatic nitrogens is 2. The zero-order valence-corrected chi connectivity index (χ0v) is 16.8. The van der Waals surface area contributed by atoms with E-state index in [0.29, 0.717) is 23.1 Å². The van der Waals surface area contributed by atoms with Crippen LogP contribution in [0.3, 0.4) is 0 Å². The lowest BCUT2D eigenvalue weighted by molar-refractivity contribution is 0.101. The van der Waals surface area contributed by atoms with E-state index in [1.54, 1.807) is 30.0 Å². The van der Waals surface area contributed by atoms with Crippen LogP contribution in [0.4, 0.5) is 5.69 Å². The summed E-state index contributed by atoms with van der Waals surface area (Å²) in [7, 11) is 1.62. The zero-order valence-electron chi connectivity index (χ0n) is 16.8. The number of anilines is 1. The second kappa shape index (κ2) is 8.21. The lowest BCUT2D eigenvalue weighted by Crippen LogP contribution is -2.27. The van der Waals surface area contributed by atoms with E-state index in [2.05, 4.69) is 10.4 Å². The standard InChI is InChI=1S/C24H21N3O3/c1-16-7-3-5-9-20(16)25-24(29)22-23(28)19-8-4-6-10-21(19)27(26-22)15-17-11-13-18(30-2)14-12-17/h3-14H,15H2,1-2H3,(H,25,29). The molecule has 6 nitrogen and oxygen atoms in total. The summed E-state index contributed by atoms with van der Waals surface area (Å²) in [5, 5.41) is 7.69. The minimum atomic E-state index is -0.525. The molecule has 6 heteroatoms. The molecule has 0 atom stereocenters. The van der Waals surface area contributed by atoms with Crippen molar-refractivity contribution in [2.45, 2.75) is 13.5 Å². The molecule has 0 aliphatic rings. The third-order valence-electron chi connectivity index (χ3n) is 4.96. The number of benzene rings is 3. The van der Waals surface area contributed by atoms with Gasteiger partial charge in [-0.1, -0.05) is 42.5 Å². The molecule has 0 aliphatic heterocycles. The molecular weight excluding hydrogens is 378 g/mol. The highest BCUT2D eigenvalue weighted by atomic mass is 16.5. The van der Waals surface area contributed by atoms with Gasteiger partial charge < -0.3 is 10.1 Å². The Morgan fingerprint density at radius 2 is 1.70 bits per heavy atom. The number of amides is 1. The average molecular weight is 399 g/mol. The van der Waals surface area contributed by atoms with Crippen molar-refractivity contribution in [3.05, 3.63) is 99.8 Å². The number of nitrogens with zero attached hydrogens (tertiary/aromatic N) is 2. The van der Waals surface area contributed by atoms with Gasteiger partial charge in [0.15, 0.2) is 5.69 Å². The van der Waals surface area contributed by atoms with Gasteiger partial charge in [-0.25, -0.2) is 0 Å². The largest absolute Gasteiger partial charge is 0.497 e. The number of rotatable bonds is 5. The lowest BCUT2D eigenvalue weighted by atomic mass is 10.1. The van der Waals surface area contributed by atoms with Crippen molar-refractivity contribution in [2.75, 3.05) is 12.4 Å². The number of hydrogen-bond acceptors (Lipinski definition) is 4. The summed E-state index contributed by atoms with van der Waals surface area (Å²) in [6.07, 6.45) is 0. The Bertz CT molecular complexity index is 1280. The van der Waals surface area contributed by atoms with E-state index in [4.69, 9.17) is 4.74 Å². The van der Waals surface area contributed by atoms with Crippen LogP contribution >= 0.6 is 0 Å². The maximum atomic E-state index is 13.0. The van der Waals surface area contributed by atoms with Gasteiger partial charge in [-0.3, -0.25) is 14.3 Å². The number of methoxy groups -OCH3 is 1. The highest BCUT2D eigenvalue weighted by Crippen LogP contribution is 2.17. The Labute approximate surface area is 173 Å². The molecule has 1 amide bonds. The number of carbonyl (C=O) groups excluding carboxylic acids is 1. The predicted molar refractivity (Wildman–Crippen MR) is 117 cm³/mol. The summed E-state index contributed by atoms with van der Waals surface area (Å²) in [6, 6.07) is 22.2. The van der Waals surface area contributed by atoms with Crippen LogP contribution in [0.15, 0.2) is 77.6 Å². The van der Waals surface area contributed by atoms with Gasteiger partial charge in [-0.15, -0.1) is 0 Å². The Hall–Kier alpha value is -3.93. The Morgan fingerprint density at radius 1 is 1.00 bits per heavy atom. The fourth-order valence-corrected chi connectivity index (χ4v) is 3.31. The van der Waals surface area contributed by atoms with Crippen molar-refractivity contribution in [1.29, 1.82) is 0 Å². The van der Waals surface area contributed by atoms with E-state index in [0.717, 1.165) is 16.9 Å². The number of aryl methyl sites for hydroxylation is 1. The molecule has 1 N–H and O–H groups in total. The van der Waals surface area contributed by atoms with Gasteiger partial charge in [0.2, 0.25) is 5.43 Å². The summed E-state index contributed by atoms with van der Waals surface area (Å²) in [6.45, 7) is 2.31. The monoisotopic (exact) mass is 399 g/mol. The van der Waals surface area contributed by atoms with Gasteiger partial charge in [-0.05, 0) is 48.4 Å². The van der Waals surface area contributed by atoms with Crippen molar-refractivity contribution >= 4 is 22.5 Å². The maximum Gasteiger partial charge on any atom is 0.280 e. The van der Waals surface area contributed by atoms with Crippen LogP contribution in [0.25, 0.3) is 10.9 Å². The fraction of sp³-hybridized carbons (Fsp3) is 0.125. The lowest BCUT2D eigenvalue weighted by Gasteiger charge is -2.13. The van der Waals surface area contributed by atoms with E-state index in [1.165, 1.54) is 0 Å². The van der Waals surface area contributed by atoms with E-state index < -0.39 is 5.91 Å². The molecule has 0 saturated carbocycles. The molecule has 4 rings (SSSR count). The molecule has 0 radical (unpaired) electrons. The summed E-state index contributed by atoms with van der Waals surface area (Å²) in [4.78, 5) is 25.9. The van der Waals surface area contributed by atoms with Crippen LogP contribution in [-0.4, -0.2) is 22.8 Å². The van der Waals surface area contributed by atoms with Crippen molar-refractivity contribution in [3.8, 4) is 5.75 Å². The van der Waals surface area contributed by atoms with Crippen molar-refractivity contribution in [3.63, 3.8) is 0 Å². The van der Waals surface area contributed by atoms with Crippen molar-refractivity contribution in [1.82, 2.24) is 9.78 Å². The Kier molecular flexibility index (Phi) is 5.30. The summed E-state index contributed by atoms with van der Waals surface area (Å²) < 4.78 is 6.89. The normalized spacial score (nSPS) is 10.7. The molecule has 1 aromatic heterocycles. The summed E-state index contributed by atoms with van der Waals surface area (Å²) in [5.74, 6) is 0.235. The second-order valence-electron chi connectivity index (χ2n) is 6.97. The van der Waals surface area contributed by atoms with Gasteiger partial charge in [0.1, 0.15) is 5.75 Å². The first-order valence-corrected chi connectivity index (χ1v) is 9.56. The topological polar surface area (TPSA) is 73.2 Å². The molecule has 0 fully saturated rings. The van der Waals surface area contributed by atoms with Crippen LogP contribution in [0.1, 0.15) is 21.6 Å². The van der Waals surface area contributed by atoms with Crippen LogP contribution < -0.4 is 15.5 Å². The molecule has 4 aromatic rings. The molecule has 150 valence electrons. The second-order valence-corrected chi connectivity index (χ2v) is 6.97. The molecule has 0 saturated heterocycles. The van der Waals surface area contributed by atoms with Crippen molar-refractivity contribution in [2.24, 2.45) is 0 Å². The summed E-state index contributed by atoms with van der Waals surface area (Å²) in [5.41, 5.74) is 2.69. The van der Waals surface area contributed by atoms with Crippen LogP contribution in [0, 0.1) is 6.92 Å². The smallest absolute Gasteiger partial charge is 0.280 e. The first-order valence-electron chi connectivity index (χ1n) is 9.56. The third kappa shape index (κ3) is 3.80. The van der Waals surface area contributed by atoms with Crippen molar-refractivity contribution < 1.29 is 9.53 Å². The van der Waals surface area contributed by atoms with Gasteiger partial charge in [-0.2, -0.15) is 5.10 Å². The minimum absolute atomic E-state index is 0.134. The first-order chi connectivity index (χ1) is 14.6. The SMILES string of the molecule is COc1ccc(Cn2nc(C(=O)Nc3ccccc3C)c(=O)c3ccccc32)cc1. The molecule has 1 heterocycles. The predicted octanol–water partition coefficient (Wildman–Crippen LogP) is 4.01. The molecule has 0 unspecified atom stereocenters. The van der Waals surface area contributed by atoms with Gasteiger partial charge in [0.05, 0.1) is 19.2 Å². The number of para-hydroxylation sites is 2. The van der Waals surface area contributed by atoms with Gasteiger partial charge in [0, 0.05) is 11.1 Å². The maximum absolute atomic E-state index is 13.0. The highest BCUT2D eigenvalue weighted by molar-refractivity contribution is 6.04. The third-order valence-corrected chi connectivity index (χ3v) is 4.96. The Balaban J connectivity index is 1.76. The molecule has 3 aromatic carbocycles. The molecule has 0 aliphatic carbocycles. The first kappa shape index (κ1) is 19.4. The minimum Gasteiger partial charge on any atom is -0.497 e. The quantitative estimate of drug-likeness (QED) is 0.550. The molecule has 30 heavy (non-hydrogen) atoms. The summed E-state index contributed by atoms with van der Waals surface area (Å²) >= 11 is 0. The van der Waals surface area contributed by atoms with Gasteiger partial charge >= 0.3 is 0 Å². The molecule has 0 spiro atoms. The number of ether oxygens (including phenoxy) is 1. The van der Waals surface area contributed by atoms with E-state index in [1.807, 2.05) is 61.5 Å². The van der Waals surface area contributed by atoms with E-state index in [9.17, 15) is 9.59 Å². The number of fused-ring (bicyclic) bond motifs is 1. The van der Waals surface area contributed by atoms with E-state index >= 15 is 0 Å². The van der Waals surface area contributed by atoms with Crippen LogP contribution in [0.5, 0.6) is 5.75 Å². The zero-order chi connectivity index (χ0) is 21.1. The molecule has 0 bridgehead atoms. The molecular formula is C24H21N3O3. The van der Waals surface area contributed by atoms with E-state index in [-0.39, 0.29) is 11.1 Å². The average Bonchev–Trinajstić information content (AvgIpc) is 2.77. The van der Waals surface area contributed by atoms with Crippen LogP contribution in [-0.2, 0) is 6.54 Å². The van der Waals surface area contributed by atoms with Gasteiger partial charge in [0.25, 0.3) is 5.91 Å². The number of carbonyl (C=O) groups is 1. The fourth-order valence-electron chi connectivity index (χ4n) is 3.31. The Morgan fingerprint density at radius 3 is 2.43 bits per heavy atom.